The first-order valence-corrected chi connectivity index (χ1v) is 7.94. The molecule has 0 amide bonds. The summed E-state index contributed by atoms with van der Waals surface area (Å²) >= 11 is 0. The summed E-state index contributed by atoms with van der Waals surface area (Å²) in [6.45, 7) is 5.90. The highest BCUT2D eigenvalue weighted by Crippen LogP contribution is 2.27. The van der Waals surface area contributed by atoms with E-state index in [1.165, 1.54) is 12.3 Å². The van der Waals surface area contributed by atoms with Gasteiger partial charge in [-0.05, 0) is 50.1 Å². The third kappa shape index (κ3) is 3.52. The van der Waals surface area contributed by atoms with Gasteiger partial charge in [-0.15, -0.1) is 0 Å². The van der Waals surface area contributed by atoms with Gasteiger partial charge in [0.1, 0.15) is 10.6 Å². The summed E-state index contributed by atoms with van der Waals surface area (Å²) in [5.41, 5.74) is 1.31. The molecule has 0 bridgehead atoms. The Balaban J connectivity index is 2.39. The van der Waals surface area contributed by atoms with Crippen LogP contribution in [0.25, 0.3) is 0 Å². The molecule has 0 aliphatic carbocycles. The SMILES string of the molecule is CCOc1cc(C)c(S(=O)(=O)Oc2ccccn2)cc1C. The van der Waals surface area contributed by atoms with Crippen molar-refractivity contribution in [2.75, 3.05) is 6.61 Å². The first kappa shape index (κ1) is 15.3. The van der Waals surface area contributed by atoms with Crippen LogP contribution in [-0.4, -0.2) is 20.0 Å². The summed E-state index contributed by atoms with van der Waals surface area (Å²) in [6.07, 6.45) is 1.47. The Kier molecular flexibility index (Phi) is 4.47. The molecule has 0 atom stereocenters. The second-order valence-electron chi connectivity index (χ2n) is 4.52. The molecule has 6 heteroatoms. The molecule has 0 fully saturated rings. The third-order valence-corrected chi connectivity index (χ3v) is 4.24. The molecule has 0 spiro atoms. The lowest BCUT2D eigenvalue weighted by Gasteiger charge is -2.13. The van der Waals surface area contributed by atoms with Gasteiger partial charge in [-0.2, -0.15) is 8.42 Å². The predicted molar refractivity (Wildman–Crippen MR) is 79.1 cm³/mol. The standard InChI is InChI=1S/C15H17NO4S/c1-4-19-13-9-12(3)14(10-11(13)2)21(17,18)20-15-7-5-6-8-16-15/h5-10H,4H2,1-3H3. The second-order valence-corrected chi connectivity index (χ2v) is 6.04. The fourth-order valence-corrected chi connectivity index (χ4v) is 3.08. The van der Waals surface area contributed by atoms with Crippen molar-refractivity contribution in [1.82, 2.24) is 4.98 Å². The Labute approximate surface area is 124 Å². The Morgan fingerprint density at radius 2 is 1.90 bits per heavy atom. The van der Waals surface area contributed by atoms with E-state index in [1.807, 2.05) is 6.92 Å². The van der Waals surface area contributed by atoms with Gasteiger partial charge in [0.05, 0.1) is 6.61 Å². The van der Waals surface area contributed by atoms with E-state index in [4.69, 9.17) is 8.92 Å². The molecule has 0 saturated carbocycles. The minimum atomic E-state index is -3.92. The molecule has 1 aromatic heterocycles. The van der Waals surface area contributed by atoms with E-state index in [1.54, 1.807) is 38.1 Å². The van der Waals surface area contributed by atoms with Crippen LogP contribution in [0.15, 0.2) is 41.4 Å². The molecule has 1 heterocycles. The van der Waals surface area contributed by atoms with Gasteiger partial charge in [0.2, 0.25) is 5.88 Å². The van der Waals surface area contributed by atoms with E-state index < -0.39 is 10.1 Å². The Morgan fingerprint density at radius 3 is 2.52 bits per heavy atom. The summed E-state index contributed by atoms with van der Waals surface area (Å²) in [7, 11) is -3.92. The molecule has 0 unspecified atom stereocenters. The van der Waals surface area contributed by atoms with Crippen molar-refractivity contribution in [3.8, 4) is 11.6 Å². The average Bonchev–Trinajstić information content (AvgIpc) is 2.43. The van der Waals surface area contributed by atoms with Gasteiger partial charge >= 0.3 is 10.1 Å². The van der Waals surface area contributed by atoms with Crippen LogP contribution in [0.4, 0.5) is 0 Å². The van der Waals surface area contributed by atoms with E-state index in [0.717, 1.165) is 5.56 Å². The predicted octanol–water partition coefficient (Wildman–Crippen LogP) is 2.86. The zero-order valence-corrected chi connectivity index (χ0v) is 13.0. The topological polar surface area (TPSA) is 65.5 Å². The molecule has 0 radical (unpaired) electrons. The van der Waals surface area contributed by atoms with Gasteiger partial charge in [-0.1, -0.05) is 6.07 Å². The molecule has 0 N–H and O–H groups in total. The fourth-order valence-electron chi connectivity index (χ4n) is 1.90. The number of pyridine rings is 1. The minimum absolute atomic E-state index is 0.0448. The van der Waals surface area contributed by atoms with E-state index in [0.29, 0.717) is 17.9 Å². The second kappa shape index (κ2) is 6.13. The summed E-state index contributed by atoms with van der Waals surface area (Å²) in [5.74, 6) is 0.718. The number of hydrogen-bond acceptors (Lipinski definition) is 5. The summed E-state index contributed by atoms with van der Waals surface area (Å²) in [5, 5.41) is 0. The average molecular weight is 307 g/mol. The minimum Gasteiger partial charge on any atom is -0.494 e. The Bertz CT molecular complexity index is 727. The molecule has 0 saturated heterocycles. The first-order chi connectivity index (χ1) is 9.94. The molecule has 1 aromatic carbocycles. The molecule has 2 aromatic rings. The maximum absolute atomic E-state index is 12.3. The maximum Gasteiger partial charge on any atom is 0.340 e. The number of ether oxygens (including phenoxy) is 1. The van der Waals surface area contributed by atoms with Gasteiger partial charge in [0, 0.05) is 12.3 Å². The van der Waals surface area contributed by atoms with Crippen molar-refractivity contribution >= 4 is 10.1 Å². The molecule has 112 valence electrons. The number of rotatable bonds is 5. The zero-order valence-electron chi connectivity index (χ0n) is 12.2. The van der Waals surface area contributed by atoms with Crippen LogP contribution in [0.1, 0.15) is 18.1 Å². The Morgan fingerprint density at radius 1 is 1.14 bits per heavy atom. The first-order valence-electron chi connectivity index (χ1n) is 6.53. The van der Waals surface area contributed by atoms with Crippen molar-refractivity contribution in [1.29, 1.82) is 0 Å². The smallest absolute Gasteiger partial charge is 0.340 e. The van der Waals surface area contributed by atoms with Crippen LogP contribution in [0, 0.1) is 13.8 Å². The van der Waals surface area contributed by atoms with E-state index in [9.17, 15) is 8.42 Å². The van der Waals surface area contributed by atoms with Crippen molar-refractivity contribution in [2.24, 2.45) is 0 Å². The van der Waals surface area contributed by atoms with Crippen LogP contribution >= 0.6 is 0 Å². The summed E-state index contributed by atoms with van der Waals surface area (Å²) in [6, 6.07) is 8.10. The normalized spacial score (nSPS) is 11.2. The van der Waals surface area contributed by atoms with Crippen LogP contribution in [0.3, 0.4) is 0 Å². The lowest BCUT2D eigenvalue weighted by Crippen LogP contribution is -2.12. The largest absolute Gasteiger partial charge is 0.494 e. The molecule has 0 aliphatic rings. The van der Waals surface area contributed by atoms with Gasteiger partial charge in [0.15, 0.2) is 0 Å². The zero-order chi connectivity index (χ0) is 15.5. The maximum atomic E-state index is 12.3. The monoisotopic (exact) mass is 307 g/mol. The van der Waals surface area contributed by atoms with Gasteiger partial charge < -0.3 is 8.92 Å². The van der Waals surface area contributed by atoms with Gasteiger partial charge in [-0.25, -0.2) is 4.98 Å². The van der Waals surface area contributed by atoms with Gasteiger partial charge in [-0.3, -0.25) is 0 Å². The molecular formula is C15H17NO4S. The fraction of sp³-hybridized carbons (Fsp3) is 0.267. The highest BCUT2D eigenvalue weighted by atomic mass is 32.2. The molecule has 21 heavy (non-hydrogen) atoms. The van der Waals surface area contributed by atoms with Crippen LogP contribution in [0.5, 0.6) is 11.6 Å². The highest BCUT2D eigenvalue weighted by Gasteiger charge is 2.21. The number of hydrogen-bond donors (Lipinski definition) is 0. The van der Waals surface area contributed by atoms with Crippen molar-refractivity contribution in [3.63, 3.8) is 0 Å². The van der Waals surface area contributed by atoms with E-state index in [-0.39, 0.29) is 10.8 Å². The molecule has 0 aliphatic heterocycles. The van der Waals surface area contributed by atoms with Crippen molar-refractivity contribution < 1.29 is 17.3 Å². The summed E-state index contributed by atoms with van der Waals surface area (Å²) in [4.78, 5) is 3.98. The number of aromatic nitrogens is 1. The molecular weight excluding hydrogens is 290 g/mol. The third-order valence-electron chi connectivity index (χ3n) is 2.87. The Hall–Kier alpha value is -2.08. The number of benzene rings is 1. The number of nitrogens with zero attached hydrogens (tertiary/aromatic N) is 1. The van der Waals surface area contributed by atoms with Crippen LogP contribution in [-0.2, 0) is 10.1 Å². The lowest BCUT2D eigenvalue weighted by atomic mass is 10.1. The summed E-state index contributed by atoms with van der Waals surface area (Å²) < 4.78 is 35.2. The van der Waals surface area contributed by atoms with E-state index in [2.05, 4.69) is 4.98 Å². The van der Waals surface area contributed by atoms with Crippen LogP contribution < -0.4 is 8.92 Å². The van der Waals surface area contributed by atoms with Crippen LogP contribution in [0.2, 0.25) is 0 Å². The quantitative estimate of drug-likeness (QED) is 0.795. The highest BCUT2D eigenvalue weighted by molar-refractivity contribution is 7.87. The molecule has 2 rings (SSSR count). The molecule has 5 nitrogen and oxygen atoms in total. The van der Waals surface area contributed by atoms with Gasteiger partial charge in [0.25, 0.3) is 0 Å². The lowest BCUT2D eigenvalue weighted by molar-refractivity contribution is 0.337. The van der Waals surface area contributed by atoms with E-state index >= 15 is 0 Å². The van der Waals surface area contributed by atoms with Crippen molar-refractivity contribution in [2.45, 2.75) is 25.7 Å². The van der Waals surface area contributed by atoms with Crippen molar-refractivity contribution in [3.05, 3.63) is 47.7 Å². The number of aryl methyl sites for hydroxylation is 2.